The number of aryl methyl sites for hydroxylation is 1. The number of H-pyrrole nitrogens is 1. The van der Waals surface area contributed by atoms with Gasteiger partial charge in [-0.2, -0.15) is 4.98 Å². The number of nitrogens with one attached hydrogen (secondary N) is 1. The summed E-state index contributed by atoms with van der Waals surface area (Å²) in [6.45, 7) is 1.96. The Balaban J connectivity index is 3.01. The highest BCUT2D eigenvalue weighted by atomic mass is 32.1. The molecular weight excluding hydrogens is 160 g/mol. The van der Waals surface area contributed by atoms with Crippen LogP contribution in [0.2, 0.25) is 0 Å². The molecule has 2 heterocycles. The van der Waals surface area contributed by atoms with E-state index in [4.69, 9.17) is 12.2 Å². The van der Waals surface area contributed by atoms with Crippen LogP contribution < -0.4 is 0 Å². The standard InChI is InChI=1S/C6H6N4S/c1-4-2-3-7-5-8-6(11)9-10(4)5/h2-3H,1H3,(H,9,11). The van der Waals surface area contributed by atoms with Crippen molar-refractivity contribution < 1.29 is 0 Å². The third kappa shape index (κ3) is 0.932. The Hall–Kier alpha value is -1.23. The third-order valence-electron chi connectivity index (χ3n) is 1.47. The van der Waals surface area contributed by atoms with Gasteiger partial charge in [0.2, 0.25) is 4.77 Å². The number of nitrogens with zero attached hydrogens (tertiary/aromatic N) is 3. The van der Waals surface area contributed by atoms with E-state index in [1.54, 1.807) is 10.7 Å². The zero-order chi connectivity index (χ0) is 7.84. The first-order valence-corrected chi connectivity index (χ1v) is 3.58. The van der Waals surface area contributed by atoms with Crippen molar-refractivity contribution in [1.82, 2.24) is 19.6 Å². The Kier molecular flexibility index (Phi) is 1.25. The summed E-state index contributed by atoms with van der Waals surface area (Å²) in [5.41, 5.74) is 1.04. The number of aromatic amines is 1. The minimum Gasteiger partial charge on any atom is -0.265 e. The molecule has 0 saturated heterocycles. The summed E-state index contributed by atoms with van der Waals surface area (Å²) in [5.74, 6) is 0.620. The molecule has 0 aliphatic carbocycles. The predicted molar refractivity (Wildman–Crippen MR) is 42.9 cm³/mol. The van der Waals surface area contributed by atoms with Gasteiger partial charge in [0, 0.05) is 11.9 Å². The lowest BCUT2D eigenvalue weighted by molar-refractivity contribution is 0.889. The second-order valence-electron chi connectivity index (χ2n) is 2.25. The second-order valence-corrected chi connectivity index (χ2v) is 2.64. The maximum atomic E-state index is 4.85. The molecule has 56 valence electrons. The molecule has 11 heavy (non-hydrogen) atoms. The van der Waals surface area contributed by atoms with Crippen LogP contribution in [0.5, 0.6) is 0 Å². The minimum atomic E-state index is 0.465. The Morgan fingerprint density at radius 2 is 2.45 bits per heavy atom. The molecule has 0 atom stereocenters. The Bertz CT molecular complexity index is 441. The Morgan fingerprint density at radius 1 is 1.64 bits per heavy atom. The molecule has 2 rings (SSSR count). The summed E-state index contributed by atoms with van der Waals surface area (Å²) in [4.78, 5) is 8.00. The van der Waals surface area contributed by atoms with Crippen LogP contribution in [0.15, 0.2) is 12.3 Å². The SMILES string of the molecule is Cc1ccnc2nc(=S)[nH]n12. The second kappa shape index (κ2) is 2.13. The van der Waals surface area contributed by atoms with E-state index in [0.717, 1.165) is 5.69 Å². The molecule has 0 unspecified atom stereocenters. The highest BCUT2D eigenvalue weighted by Crippen LogP contribution is 1.98. The van der Waals surface area contributed by atoms with E-state index < -0.39 is 0 Å². The van der Waals surface area contributed by atoms with Gasteiger partial charge in [-0.05, 0) is 25.2 Å². The molecule has 0 spiro atoms. The Morgan fingerprint density at radius 3 is 3.18 bits per heavy atom. The molecule has 2 aromatic rings. The predicted octanol–water partition coefficient (Wildman–Crippen LogP) is 1.10. The number of fused-ring (bicyclic) bond motifs is 1. The maximum absolute atomic E-state index is 4.85. The average Bonchev–Trinajstić information content (AvgIpc) is 2.31. The van der Waals surface area contributed by atoms with E-state index in [9.17, 15) is 0 Å². The molecular formula is C6H6N4S. The fourth-order valence-corrected chi connectivity index (χ4v) is 1.10. The van der Waals surface area contributed by atoms with Gasteiger partial charge in [-0.3, -0.25) is 5.10 Å². The molecule has 2 aromatic heterocycles. The summed E-state index contributed by atoms with van der Waals surface area (Å²) in [7, 11) is 0. The van der Waals surface area contributed by atoms with Crippen LogP contribution in [-0.2, 0) is 0 Å². The van der Waals surface area contributed by atoms with Gasteiger partial charge in [-0.1, -0.05) is 0 Å². The molecule has 0 aliphatic rings. The quantitative estimate of drug-likeness (QED) is 0.596. The normalized spacial score (nSPS) is 10.6. The van der Waals surface area contributed by atoms with Crippen molar-refractivity contribution in [3.8, 4) is 0 Å². The number of aromatic nitrogens is 4. The smallest absolute Gasteiger partial charge is 0.251 e. The van der Waals surface area contributed by atoms with E-state index in [2.05, 4.69) is 15.1 Å². The van der Waals surface area contributed by atoms with Crippen molar-refractivity contribution in [3.63, 3.8) is 0 Å². The molecule has 1 N–H and O–H groups in total. The molecule has 0 bridgehead atoms. The van der Waals surface area contributed by atoms with Crippen LogP contribution in [0.4, 0.5) is 0 Å². The fourth-order valence-electron chi connectivity index (χ4n) is 0.930. The Labute approximate surface area is 67.9 Å². The van der Waals surface area contributed by atoms with Gasteiger partial charge in [0.1, 0.15) is 0 Å². The van der Waals surface area contributed by atoms with E-state index in [1.807, 2.05) is 13.0 Å². The summed E-state index contributed by atoms with van der Waals surface area (Å²) in [6, 6.07) is 1.89. The van der Waals surface area contributed by atoms with E-state index >= 15 is 0 Å². The highest BCUT2D eigenvalue weighted by Gasteiger charge is 1.96. The summed E-state index contributed by atoms with van der Waals surface area (Å²) in [5, 5.41) is 2.88. The van der Waals surface area contributed by atoms with Crippen LogP contribution in [0, 0.1) is 11.7 Å². The zero-order valence-corrected chi connectivity index (χ0v) is 6.72. The average molecular weight is 166 g/mol. The van der Waals surface area contributed by atoms with Crippen molar-refractivity contribution >= 4 is 18.0 Å². The first kappa shape index (κ1) is 6.48. The lowest BCUT2D eigenvalue weighted by Crippen LogP contribution is -1.93. The lowest BCUT2D eigenvalue weighted by atomic mass is 10.5. The molecule has 0 aliphatic heterocycles. The lowest BCUT2D eigenvalue weighted by Gasteiger charge is -1.94. The molecule has 0 amide bonds. The zero-order valence-electron chi connectivity index (χ0n) is 5.90. The van der Waals surface area contributed by atoms with Crippen LogP contribution >= 0.6 is 12.2 Å². The summed E-state index contributed by atoms with van der Waals surface area (Å²) >= 11 is 4.85. The van der Waals surface area contributed by atoms with Crippen molar-refractivity contribution in [1.29, 1.82) is 0 Å². The van der Waals surface area contributed by atoms with E-state index in [0.29, 0.717) is 10.5 Å². The number of rotatable bonds is 0. The van der Waals surface area contributed by atoms with Crippen molar-refractivity contribution in [3.05, 3.63) is 22.7 Å². The molecule has 0 aromatic carbocycles. The highest BCUT2D eigenvalue weighted by molar-refractivity contribution is 7.71. The fraction of sp³-hybridized carbons (Fsp3) is 0.167. The van der Waals surface area contributed by atoms with Crippen LogP contribution in [-0.4, -0.2) is 19.6 Å². The van der Waals surface area contributed by atoms with Gasteiger partial charge in [0.05, 0.1) is 0 Å². The summed E-state index contributed by atoms with van der Waals surface area (Å²) < 4.78 is 2.22. The maximum Gasteiger partial charge on any atom is 0.251 e. The van der Waals surface area contributed by atoms with Gasteiger partial charge in [-0.25, -0.2) is 9.50 Å². The monoisotopic (exact) mass is 166 g/mol. The topological polar surface area (TPSA) is 46.0 Å². The molecule has 4 nitrogen and oxygen atoms in total. The van der Waals surface area contributed by atoms with Crippen molar-refractivity contribution in [2.24, 2.45) is 0 Å². The van der Waals surface area contributed by atoms with Crippen molar-refractivity contribution in [2.45, 2.75) is 6.92 Å². The van der Waals surface area contributed by atoms with Crippen LogP contribution in [0.1, 0.15) is 5.69 Å². The molecule has 0 saturated carbocycles. The van der Waals surface area contributed by atoms with E-state index in [1.165, 1.54) is 0 Å². The number of hydrogen-bond donors (Lipinski definition) is 1. The third-order valence-corrected chi connectivity index (χ3v) is 1.65. The first-order chi connectivity index (χ1) is 5.27. The first-order valence-electron chi connectivity index (χ1n) is 3.18. The van der Waals surface area contributed by atoms with Crippen molar-refractivity contribution in [2.75, 3.05) is 0 Å². The van der Waals surface area contributed by atoms with Gasteiger partial charge >= 0.3 is 0 Å². The largest absolute Gasteiger partial charge is 0.265 e. The summed E-state index contributed by atoms with van der Waals surface area (Å²) in [6.07, 6.45) is 1.71. The number of hydrogen-bond acceptors (Lipinski definition) is 3. The van der Waals surface area contributed by atoms with Gasteiger partial charge in [0.25, 0.3) is 5.78 Å². The van der Waals surface area contributed by atoms with Gasteiger partial charge in [-0.15, -0.1) is 0 Å². The molecule has 0 radical (unpaired) electrons. The molecule has 5 heteroatoms. The van der Waals surface area contributed by atoms with Crippen LogP contribution in [0.3, 0.4) is 0 Å². The van der Waals surface area contributed by atoms with E-state index in [-0.39, 0.29) is 0 Å². The van der Waals surface area contributed by atoms with Gasteiger partial charge in [0.15, 0.2) is 0 Å². The minimum absolute atomic E-state index is 0.465. The van der Waals surface area contributed by atoms with Gasteiger partial charge < -0.3 is 0 Å². The van der Waals surface area contributed by atoms with Crippen LogP contribution in [0.25, 0.3) is 5.78 Å². The molecule has 0 fully saturated rings.